The summed E-state index contributed by atoms with van der Waals surface area (Å²) in [5, 5.41) is 0.0725. The highest BCUT2D eigenvalue weighted by molar-refractivity contribution is 9.10. The number of rotatable bonds is 3. The highest BCUT2D eigenvalue weighted by Gasteiger charge is 2.32. The molecule has 8 heteroatoms. The van der Waals surface area contributed by atoms with Gasteiger partial charge in [-0.2, -0.15) is 0 Å². The molecule has 0 spiro atoms. The molecule has 7 rings (SSSR count). The van der Waals surface area contributed by atoms with Crippen LogP contribution in [0.15, 0.2) is 92.6 Å². The Morgan fingerprint density at radius 2 is 1.83 bits per heavy atom. The lowest BCUT2D eigenvalue weighted by molar-refractivity contribution is 0.585. The van der Waals surface area contributed by atoms with Crippen LogP contribution in [0.5, 0.6) is 0 Å². The van der Waals surface area contributed by atoms with Gasteiger partial charge in [0, 0.05) is 27.1 Å². The van der Waals surface area contributed by atoms with Crippen LogP contribution in [0.25, 0.3) is 17.5 Å². The van der Waals surface area contributed by atoms with Crippen LogP contribution in [-0.4, -0.2) is 9.13 Å². The van der Waals surface area contributed by atoms with Crippen molar-refractivity contribution in [1.29, 1.82) is 0 Å². The van der Waals surface area contributed by atoms with Crippen molar-refractivity contribution < 1.29 is 4.39 Å². The third-order valence-electron chi connectivity index (χ3n) is 7.98. The summed E-state index contributed by atoms with van der Waals surface area (Å²) in [4.78, 5) is 19.9. The molecule has 3 heterocycles. The predicted octanol–water partition coefficient (Wildman–Crippen LogP) is 7.28. The largest absolute Gasteiger partial charge is 0.318 e. The normalized spacial score (nSPS) is 16.3. The second-order valence-corrected chi connectivity index (χ2v) is 12.8. The van der Waals surface area contributed by atoms with E-state index in [1.807, 2.05) is 47.3 Å². The van der Waals surface area contributed by atoms with Gasteiger partial charge in [0.25, 0.3) is 5.56 Å². The Labute approximate surface area is 253 Å². The first-order valence-corrected chi connectivity index (χ1v) is 15.3. The molecule has 204 valence electrons. The molecule has 0 N–H and O–H groups in total. The molecule has 0 fully saturated rings. The third kappa shape index (κ3) is 4.38. The van der Waals surface area contributed by atoms with E-state index in [1.54, 1.807) is 12.1 Å². The van der Waals surface area contributed by atoms with Gasteiger partial charge >= 0.3 is 0 Å². The van der Waals surface area contributed by atoms with Gasteiger partial charge in [-0.05, 0) is 91.4 Å². The van der Waals surface area contributed by atoms with Crippen molar-refractivity contribution in [3.63, 3.8) is 0 Å². The summed E-state index contributed by atoms with van der Waals surface area (Å²) in [7, 11) is 0. The van der Waals surface area contributed by atoms with Gasteiger partial charge in [0.2, 0.25) is 0 Å². The van der Waals surface area contributed by atoms with Crippen LogP contribution >= 0.6 is 38.9 Å². The fraction of sp³-hybridized carbons (Fsp3) is 0.152. The lowest BCUT2D eigenvalue weighted by Gasteiger charge is -2.30. The van der Waals surface area contributed by atoms with E-state index in [2.05, 4.69) is 52.3 Å². The van der Waals surface area contributed by atoms with Crippen molar-refractivity contribution >= 4 is 50.6 Å². The molecule has 0 unspecified atom stereocenters. The number of fused-ring (bicyclic) bond motifs is 3. The summed E-state index contributed by atoms with van der Waals surface area (Å²) < 4.78 is 19.3. The first-order valence-electron chi connectivity index (χ1n) is 13.3. The number of aromatic nitrogens is 2. The van der Waals surface area contributed by atoms with E-state index in [-0.39, 0.29) is 16.6 Å². The molecule has 2 aromatic heterocycles. The molecule has 0 saturated heterocycles. The average molecular weight is 645 g/mol. The van der Waals surface area contributed by atoms with Crippen LogP contribution in [-0.2, 0) is 6.42 Å². The zero-order valence-corrected chi connectivity index (χ0v) is 25.4. The van der Waals surface area contributed by atoms with Gasteiger partial charge < -0.3 is 4.57 Å². The molecule has 5 aromatic rings. The quantitative estimate of drug-likeness (QED) is 0.204. The van der Waals surface area contributed by atoms with E-state index in [1.165, 1.54) is 28.5 Å². The van der Waals surface area contributed by atoms with Crippen molar-refractivity contribution in [2.24, 2.45) is 4.99 Å². The molecule has 4 nitrogen and oxygen atoms in total. The van der Waals surface area contributed by atoms with Crippen molar-refractivity contribution in [2.45, 2.75) is 32.7 Å². The van der Waals surface area contributed by atoms with Crippen molar-refractivity contribution in [3.05, 3.63) is 147 Å². The minimum absolute atomic E-state index is 0.0540. The second-order valence-electron chi connectivity index (χ2n) is 10.4. The molecule has 41 heavy (non-hydrogen) atoms. The van der Waals surface area contributed by atoms with E-state index >= 15 is 0 Å². The standard InChI is InChI=1S/C33H24BrClFN3OS/c1-18-15-22(19(2)38(18)24-12-14-28(36)27(35)17-24)16-29-32(40)39-31(21-7-10-23(34)11-8-21)26-13-9-20-5-3-4-6-25(20)30(26)37-33(39)41-29/h3-8,10-12,14-17,31H,9,13H2,1-2H3/b29-16-/t31-/m0/s1. The highest BCUT2D eigenvalue weighted by Crippen LogP contribution is 2.41. The number of thiazole rings is 1. The number of aryl methyl sites for hydroxylation is 2. The van der Waals surface area contributed by atoms with Gasteiger partial charge in [-0.1, -0.05) is 75.3 Å². The number of halogens is 3. The average Bonchev–Trinajstić information content (AvgIpc) is 3.43. The number of allylic oxidation sites excluding steroid dienone is 1. The van der Waals surface area contributed by atoms with E-state index in [0.717, 1.165) is 56.8 Å². The lowest BCUT2D eigenvalue weighted by Crippen LogP contribution is -2.38. The summed E-state index contributed by atoms with van der Waals surface area (Å²) in [5.41, 5.74) is 9.20. The van der Waals surface area contributed by atoms with E-state index in [0.29, 0.717) is 9.33 Å². The molecule has 2 aliphatic rings. The number of hydrogen-bond donors (Lipinski definition) is 0. The van der Waals surface area contributed by atoms with Crippen LogP contribution < -0.4 is 14.9 Å². The maximum atomic E-state index is 14.1. The number of benzene rings is 3. The van der Waals surface area contributed by atoms with Crippen molar-refractivity contribution in [1.82, 2.24) is 9.13 Å². The van der Waals surface area contributed by atoms with Gasteiger partial charge in [0.15, 0.2) is 4.80 Å². The summed E-state index contributed by atoms with van der Waals surface area (Å²) in [6.07, 6.45) is 3.71. The zero-order valence-electron chi connectivity index (χ0n) is 22.3. The molecule has 0 bridgehead atoms. The lowest BCUT2D eigenvalue weighted by atomic mass is 9.83. The smallest absolute Gasteiger partial charge is 0.271 e. The molecule has 0 radical (unpaired) electrons. The van der Waals surface area contributed by atoms with Crippen LogP contribution in [0, 0.1) is 19.7 Å². The van der Waals surface area contributed by atoms with E-state index < -0.39 is 5.82 Å². The monoisotopic (exact) mass is 643 g/mol. The van der Waals surface area contributed by atoms with Gasteiger partial charge in [-0.15, -0.1) is 0 Å². The topological polar surface area (TPSA) is 39.3 Å². The molecule has 1 aliphatic carbocycles. The van der Waals surface area contributed by atoms with E-state index in [4.69, 9.17) is 16.6 Å². The molecular formula is C33H24BrClFN3OS. The molecule has 0 saturated carbocycles. The van der Waals surface area contributed by atoms with Gasteiger partial charge in [0.05, 0.1) is 21.3 Å². The maximum Gasteiger partial charge on any atom is 0.271 e. The van der Waals surface area contributed by atoms with Gasteiger partial charge in [0.1, 0.15) is 5.82 Å². The Balaban J connectivity index is 1.43. The van der Waals surface area contributed by atoms with Gasteiger partial charge in [-0.25, -0.2) is 9.38 Å². The minimum atomic E-state index is -0.454. The molecular weight excluding hydrogens is 621 g/mol. The van der Waals surface area contributed by atoms with Crippen molar-refractivity contribution in [2.75, 3.05) is 0 Å². The zero-order chi connectivity index (χ0) is 28.4. The fourth-order valence-electron chi connectivity index (χ4n) is 6.06. The molecule has 1 aliphatic heterocycles. The first-order chi connectivity index (χ1) is 19.8. The molecule has 0 amide bonds. The maximum absolute atomic E-state index is 14.1. The Bertz CT molecular complexity index is 2090. The fourth-order valence-corrected chi connectivity index (χ4v) is 7.49. The SMILES string of the molecule is Cc1cc(/C=c2\sc3n(c2=O)[C@@H](c2ccc(Br)cc2)C2=C(N=3)c3ccccc3CC2)c(C)n1-c1ccc(F)c(Cl)c1. The summed E-state index contributed by atoms with van der Waals surface area (Å²) in [6.45, 7) is 3.98. The van der Waals surface area contributed by atoms with E-state index in [9.17, 15) is 9.18 Å². The predicted molar refractivity (Wildman–Crippen MR) is 167 cm³/mol. The Morgan fingerprint density at radius 1 is 1.05 bits per heavy atom. The Hall–Kier alpha value is -3.52. The first kappa shape index (κ1) is 26.4. The van der Waals surface area contributed by atoms with Crippen LogP contribution in [0.1, 0.15) is 46.1 Å². The molecule has 3 aromatic carbocycles. The molecule has 1 atom stereocenters. The second kappa shape index (κ2) is 10.1. The Morgan fingerprint density at radius 3 is 2.61 bits per heavy atom. The number of nitrogens with zero attached hydrogens (tertiary/aromatic N) is 3. The summed E-state index contributed by atoms with van der Waals surface area (Å²) in [6, 6.07) is 23.2. The number of hydrogen-bond acceptors (Lipinski definition) is 3. The highest BCUT2D eigenvalue weighted by atomic mass is 79.9. The van der Waals surface area contributed by atoms with Crippen LogP contribution in [0.3, 0.4) is 0 Å². The third-order valence-corrected chi connectivity index (χ3v) is 9.78. The Kier molecular flexibility index (Phi) is 6.49. The van der Waals surface area contributed by atoms with Crippen LogP contribution in [0.2, 0.25) is 5.02 Å². The summed E-state index contributed by atoms with van der Waals surface area (Å²) >= 11 is 11.1. The van der Waals surface area contributed by atoms with Crippen LogP contribution in [0.4, 0.5) is 4.39 Å². The minimum Gasteiger partial charge on any atom is -0.318 e. The van der Waals surface area contributed by atoms with Crippen molar-refractivity contribution in [3.8, 4) is 5.69 Å². The summed E-state index contributed by atoms with van der Waals surface area (Å²) in [5.74, 6) is -0.454. The van der Waals surface area contributed by atoms with Gasteiger partial charge in [-0.3, -0.25) is 9.36 Å².